The van der Waals surface area contributed by atoms with Crippen LogP contribution in [0.2, 0.25) is 0 Å². The number of anilines is 1. The normalized spacial score (nSPS) is 16.3. The molecular weight excluding hydrogens is 316 g/mol. The molecule has 23 heavy (non-hydrogen) atoms. The highest BCUT2D eigenvalue weighted by molar-refractivity contribution is 7.15. The average molecular weight is 332 g/mol. The van der Waals surface area contributed by atoms with Gasteiger partial charge in [-0.25, -0.2) is 4.79 Å². The van der Waals surface area contributed by atoms with Crippen LogP contribution in [0, 0.1) is 6.92 Å². The van der Waals surface area contributed by atoms with Crippen LogP contribution in [-0.4, -0.2) is 23.6 Å². The zero-order chi connectivity index (χ0) is 16.6. The lowest BCUT2D eigenvalue weighted by molar-refractivity contribution is 0.0533. The number of rotatable bonds is 3. The van der Waals surface area contributed by atoms with Gasteiger partial charge in [0.1, 0.15) is 16.8 Å². The summed E-state index contributed by atoms with van der Waals surface area (Å²) >= 11 is 1.22. The van der Waals surface area contributed by atoms with Gasteiger partial charge in [-0.15, -0.1) is 11.3 Å². The first kappa shape index (κ1) is 15.4. The van der Waals surface area contributed by atoms with Crippen molar-refractivity contribution in [2.45, 2.75) is 20.0 Å². The Labute approximate surface area is 137 Å². The summed E-state index contributed by atoms with van der Waals surface area (Å²) in [5.41, 5.74) is 1.44. The first-order valence-electron chi connectivity index (χ1n) is 7.18. The third-order valence-corrected chi connectivity index (χ3v) is 4.67. The third-order valence-electron chi connectivity index (χ3n) is 3.58. The van der Waals surface area contributed by atoms with Gasteiger partial charge >= 0.3 is 5.97 Å². The van der Waals surface area contributed by atoms with Crippen LogP contribution >= 0.6 is 11.3 Å². The molecule has 0 radical (unpaired) electrons. The summed E-state index contributed by atoms with van der Waals surface area (Å²) in [5.74, 6) is -0.672. The number of ether oxygens (including phenoxy) is 1. The molecular formula is C16H16N2O4S. The number of aromatic hydroxyl groups is 1. The van der Waals surface area contributed by atoms with Crippen LogP contribution in [0.4, 0.5) is 5.69 Å². The summed E-state index contributed by atoms with van der Waals surface area (Å²) in [4.78, 5) is 25.6. The molecule has 0 aliphatic carbocycles. The lowest BCUT2D eigenvalue weighted by atomic mass is 10.1. The first-order chi connectivity index (χ1) is 11.0. The molecule has 0 spiro atoms. The molecule has 0 saturated carbocycles. The summed E-state index contributed by atoms with van der Waals surface area (Å²) in [6, 6.07) is 6.72. The SMILES string of the molecule is CCOC(=O)c1sc(C)c2c1N[C@H](c1ccccc1O)NC2=O. The number of fused-ring (bicyclic) bond motifs is 1. The quantitative estimate of drug-likeness (QED) is 0.752. The number of para-hydroxylation sites is 1. The second-order valence-electron chi connectivity index (χ2n) is 5.07. The van der Waals surface area contributed by atoms with E-state index in [9.17, 15) is 14.7 Å². The molecule has 1 atom stereocenters. The molecule has 1 aliphatic heterocycles. The minimum absolute atomic E-state index is 0.0680. The fourth-order valence-corrected chi connectivity index (χ4v) is 3.58. The van der Waals surface area contributed by atoms with Crippen molar-refractivity contribution in [3.8, 4) is 5.75 Å². The van der Waals surface area contributed by atoms with Gasteiger partial charge in [-0.05, 0) is 19.9 Å². The number of phenolic OH excluding ortho intramolecular Hbond substituents is 1. The predicted molar refractivity (Wildman–Crippen MR) is 86.9 cm³/mol. The maximum Gasteiger partial charge on any atom is 0.350 e. The van der Waals surface area contributed by atoms with E-state index in [0.717, 1.165) is 4.88 Å². The van der Waals surface area contributed by atoms with Crippen LogP contribution in [0.3, 0.4) is 0 Å². The smallest absolute Gasteiger partial charge is 0.350 e. The molecule has 0 bridgehead atoms. The van der Waals surface area contributed by atoms with Crippen LogP contribution in [0.25, 0.3) is 0 Å². The predicted octanol–water partition coefficient (Wildman–Crippen LogP) is 2.79. The molecule has 6 nitrogen and oxygen atoms in total. The highest BCUT2D eigenvalue weighted by Crippen LogP contribution is 2.39. The maximum absolute atomic E-state index is 12.4. The van der Waals surface area contributed by atoms with E-state index >= 15 is 0 Å². The zero-order valence-electron chi connectivity index (χ0n) is 12.7. The van der Waals surface area contributed by atoms with Crippen molar-refractivity contribution in [3.05, 3.63) is 45.1 Å². The number of carbonyl (C=O) groups excluding carboxylic acids is 2. The Morgan fingerprint density at radius 1 is 1.35 bits per heavy atom. The van der Waals surface area contributed by atoms with E-state index in [1.807, 2.05) is 0 Å². The highest BCUT2D eigenvalue weighted by Gasteiger charge is 2.33. The second-order valence-corrected chi connectivity index (χ2v) is 6.29. The molecule has 7 heteroatoms. The summed E-state index contributed by atoms with van der Waals surface area (Å²) in [5, 5.41) is 15.9. The van der Waals surface area contributed by atoms with Crippen molar-refractivity contribution >= 4 is 28.9 Å². The van der Waals surface area contributed by atoms with Gasteiger partial charge in [-0.3, -0.25) is 4.79 Å². The minimum atomic E-state index is -0.613. The second kappa shape index (κ2) is 5.92. The molecule has 1 aromatic carbocycles. The number of thiophene rings is 1. The molecule has 3 N–H and O–H groups in total. The number of phenols is 1. The number of nitrogens with one attached hydrogen (secondary N) is 2. The Hall–Kier alpha value is -2.54. The summed E-state index contributed by atoms with van der Waals surface area (Å²) in [6.45, 7) is 3.78. The highest BCUT2D eigenvalue weighted by atomic mass is 32.1. The van der Waals surface area contributed by atoms with E-state index in [0.29, 0.717) is 21.7 Å². The largest absolute Gasteiger partial charge is 0.508 e. The van der Waals surface area contributed by atoms with E-state index in [-0.39, 0.29) is 18.3 Å². The molecule has 2 aromatic rings. The number of benzene rings is 1. The standard InChI is InChI=1S/C16H16N2O4S/c1-3-22-16(21)13-12-11(8(2)23-13)15(20)18-14(17-12)9-6-4-5-7-10(9)19/h4-7,14,17,19H,3H2,1-2H3,(H,18,20)/t14-/m0/s1. The fraction of sp³-hybridized carbons (Fsp3) is 0.250. The molecule has 1 aliphatic rings. The van der Waals surface area contributed by atoms with Gasteiger partial charge in [-0.2, -0.15) is 0 Å². The number of hydrogen-bond acceptors (Lipinski definition) is 6. The van der Waals surface area contributed by atoms with Crippen LogP contribution in [0.5, 0.6) is 5.75 Å². The van der Waals surface area contributed by atoms with Crippen LogP contribution in [-0.2, 0) is 4.74 Å². The molecule has 2 heterocycles. The number of aryl methyl sites for hydroxylation is 1. The van der Waals surface area contributed by atoms with Crippen molar-refractivity contribution in [2.24, 2.45) is 0 Å². The molecule has 120 valence electrons. The number of esters is 1. The van der Waals surface area contributed by atoms with Crippen LogP contribution in [0.1, 0.15) is 43.6 Å². The van der Waals surface area contributed by atoms with Gasteiger partial charge in [-0.1, -0.05) is 18.2 Å². The number of carbonyl (C=O) groups is 2. The monoisotopic (exact) mass is 332 g/mol. The van der Waals surface area contributed by atoms with E-state index in [1.165, 1.54) is 11.3 Å². The topological polar surface area (TPSA) is 87.7 Å². The fourth-order valence-electron chi connectivity index (χ4n) is 2.57. The Kier molecular flexibility index (Phi) is 3.96. The van der Waals surface area contributed by atoms with Gasteiger partial charge < -0.3 is 20.5 Å². The van der Waals surface area contributed by atoms with Crippen molar-refractivity contribution in [3.63, 3.8) is 0 Å². The van der Waals surface area contributed by atoms with Gasteiger partial charge in [0.2, 0.25) is 0 Å². The van der Waals surface area contributed by atoms with Gasteiger partial charge in [0.05, 0.1) is 17.9 Å². The molecule has 1 amide bonds. The lowest BCUT2D eigenvalue weighted by Gasteiger charge is -2.27. The lowest BCUT2D eigenvalue weighted by Crippen LogP contribution is -2.38. The van der Waals surface area contributed by atoms with Crippen molar-refractivity contribution in [2.75, 3.05) is 11.9 Å². The minimum Gasteiger partial charge on any atom is -0.508 e. The van der Waals surface area contributed by atoms with Gasteiger partial charge in [0.25, 0.3) is 5.91 Å². The van der Waals surface area contributed by atoms with Crippen LogP contribution in [0.15, 0.2) is 24.3 Å². The summed E-state index contributed by atoms with van der Waals surface area (Å²) < 4.78 is 5.06. The Balaban J connectivity index is 2.03. The van der Waals surface area contributed by atoms with E-state index in [1.54, 1.807) is 38.1 Å². The first-order valence-corrected chi connectivity index (χ1v) is 8.00. The molecule has 3 rings (SSSR count). The number of hydrogen-bond donors (Lipinski definition) is 3. The molecule has 0 fully saturated rings. The number of amides is 1. The van der Waals surface area contributed by atoms with Crippen LogP contribution < -0.4 is 10.6 Å². The van der Waals surface area contributed by atoms with E-state index in [4.69, 9.17) is 4.74 Å². The van der Waals surface area contributed by atoms with Gasteiger partial charge in [0, 0.05) is 10.4 Å². The van der Waals surface area contributed by atoms with Crippen molar-refractivity contribution in [1.82, 2.24) is 5.32 Å². The van der Waals surface area contributed by atoms with E-state index < -0.39 is 12.1 Å². The summed E-state index contributed by atoms with van der Waals surface area (Å²) in [6.07, 6.45) is -0.613. The van der Waals surface area contributed by atoms with Crippen molar-refractivity contribution < 1.29 is 19.4 Å². The maximum atomic E-state index is 12.4. The van der Waals surface area contributed by atoms with Gasteiger partial charge in [0.15, 0.2) is 0 Å². The average Bonchev–Trinajstić information content (AvgIpc) is 2.85. The summed E-state index contributed by atoms with van der Waals surface area (Å²) in [7, 11) is 0. The Bertz CT molecular complexity index is 784. The Morgan fingerprint density at radius 3 is 2.78 bits per heavy atom. The molecule has 0 saturated heterocycles. The van der Waals surface area contributed by atoms with Crippen molar-refractivity contribution in [1.29, 1.82) is 0 Å². The van der Waals surface area contributed by atoms with E-state index in [2.05, 4.69) is 10.6 Å². The molecule has 0 unspecified atom stereocenters. The molecule has 1 aromatic heterocycles. The Morgan fingerprint density at radius 2 is 2.09 bits per heavy atom. The third kappa shape index (κ3) is 2.63. The zero-order valence-corrected chi connectivity index (χ0v) is 13.5.